The van der Waals surface area contributed by atoms with Gasteiger partial charge in [-0.1, -0.05) is 29.8 Å². The molecule has 0 fully saturated rings. The number of nitrogens with one attached hydrogen (secondary N) is 2. The number of rotatable bonds is 6. The van der Waals surface area contributed by atoms with Gasteiger partial charge >= 0.3 is 0 Å². The van der Waals surface area contributed by atoms with E-state index in [0.717, 1.165) is 28.2 Å². The van der Waals surface area contributed by atoms with Gasteiger partial charge in [0.15, 0.2) is 28.8 Å². The Morgan fingerprint density at radius 3 is 2.41 bits per heavy atom. The number of ether oxygens (including phenoxy) is 3. The minimum Gasteiger partial charge on any atom is -0.503 e. The molecule has 1 aliphatic carbocycles. The molecule has 7 nitrogen and oxygen atoms in total. The van der Waals surface area contributed by atoms with E-state index in [2.05, 4.69) is 10.6 Å². The van der Waals surface area contributed by atoms with Gasteiger partial charge in [0.25, 0.3) is 0 Å². The highest BCUT2D eigenvalue weighted by atomic mass is 35.5. The molecule has 0 radical (unpaired) electrons. The molecule has 2 atom stereocenters. The quantitative estimate of drug-likeness (QED) is 0.344. The van der Waals surface area contributed by atoms with Gasteiger partial charge in [0.1, 0.15) is 0 Å². The molecule has 8 heteroatoms. The Hall–Kier alpha value is -3.84. The summed E-state index contributed by atoms with van der Waals surface area (Å²) in [7, 11) is 3.09. The van der Waals surface area contributed by atoms with E-state index >= 15 is 0 Å². The van der Waals surface area contributed by atoms with E-state index in [1.807, 2.05) is 49.4 Å². The van der Waals surface area contributed by atoms with E-state index in [4.69, 9.17) is 25.8 Å². The van der Waals surface area contributed by atoms with Crippen molar-refractivity contribution in [2.45, 2.75) is 31.7 Å². The molecule has 3 aromatic carbocycles. The number of hydrogen-bond acceptors (Lipinski definition) is 7. The van der Waals surface area contributed by atoms with Crippen LogP contribution < -0.4 is 24.8 Å². The molecule has 3 aromatic rings. The van der Waals surface area contributed by atoms with Crippen molar-refractivity contribution in [1.29, 1.82) is 0 Å². The summed E-state index contributed by atoms with van der Waals surface area (Å²) in [5.41, 5.74) is 4.97. The first-order chi connectivity index (χ1) is 17.9. The molecular formula is C29H29ClN2O5. The monoisotopic (exact) mass is 520 g/mol. The molecule has 0 saturated carbocycles. The second-order valence-corrected chi connectivity index (χ2v) is 9.47. The van der Waals surface area contributed by atoms with Crippen LogP contribution in [0, 0.1) is 0 Å². The van der Waals surface area contributed by atoms with E-state index in [1.54, 1.807) is 19.2 Å². The maximum atomic E-state index is 13.8. The molecule has 0 bridgehead atoms. The topological polar surface area (TPSA) is 89.1 Å². The van der Waals surface area contributed by atoms with Crippen LogP contribution in [0.5, 0.6) is 23.0 Å². The number of Topliss-reactive ketones (excluding diaryl/α,β-unsaturated/α-hetero) is 1. The molecule has 3 N–H and O–H groups in total. The van der Waals surface area contributed by atoms with Crippen molar-refractivity contribution in [3.05, 3.63) is 82.0 Å². The first-order valence-corrected chi connectivity index (χ1v) is 12.6. The lowest BCUT2D eigenvalue weighted by molar-refractivity contribution is -0.116. The number of phenolic OH excluding ortho intramolecular Hbond substituents is 1. The number of anilines is 2. The van der Waals surface area contributed by atoms with Gasteiger partial charge in [0.05, 0.1) is 43.3 Å². The van der Waals surface area contributed by atoms with Gasteiger partial charge < -0.3 is 30.0 Å². The Morgan fingerprint density at radius 2 is 1.68 bits per heavy atom. The molecule has 1 heterocycles. The molecule has 0 amide bonds. The second-order valence-electron chi connectivity index (χ2n) is 9.07. The zero-order valence-corrected chi connectivity index (χ0v) is 21.7. The van der Waals surface area contributed by atoms with Gasteiger partial charge in [-0.2, -0.15) is 0 Å². The fourth-order valence-corrected chi connectivity index (χ4v) is 5.33. The smallest absolute Gasteiger partial charge is 0.176 e. The summed E-state index contributed by atoms with van der Waals surface area (Å²) in [4.78, 5) is 13.8. The molecule has 0 spiro atoms. The van der Waals surface area contributed by atoms with Crippen LogP contribution in [0.3, 0.4) is 0 Å². The van der Waals surface area contributed by atoms with E-state index in [1.165, 1.54) is 7.11 Å². The summed E-state index contributed by atoms with van der Waals surface area (Å²) < 4.78 is 16.6. The molecule has 0 saturated heterocycles. The third kappa shape index (κ3) is 4.67. The summed E-state index contributed by atoms with van der Waals surface area (Å²) in [5, 5.41) is 17.5. The third-order valence-corrected chi connectivity index (χ3v) is 7.16. The number of ketones is 1. The molecule has 5 rings (SSSR count). The van der Waals surface area contributed by atoms with Crippen molar-refractivity contribution >= 4 is 28.8 Å². The maximum absolute atomic E-state index is 13.8. The highest BCUT2D eigenvalue weighted by molar-refractivity contribution is 6.32. The first kappa shape index (κ1) is 24.8. The number of halogens is 1. The van der Waals surface area contributed by atoms with Gasteiger partial charge in [-0.15, -0.1) is 0 Å². The zero-order chi connectivity index (χ0) is 26.1. The summed E-state index contributed by atoms with van der Waals surface area (Å²) in [6, 6.07) is 16.6. The second kappa shape index (κ2) is 10.3. The number of phenols is 1. The summed E-state index contributed by atoms with van der Waals surface area (Å²) in [5.74, 6) is 1.44. The van der Waals surface area contributed by atoms with E-state index < -0.39 is 6.04 Å². The van der Waals surface area contributed by atoms with Gasteiger partial charge in [-0.05, 0) is 66.8 Å². The van der Waals surface area contributed by atoms with Crippen molar-refractivity contribution < 1.29 is 24.1 Å². The average molecular weight is 521 g/mol. The normalized spacial score (nSPS) is 18.6. The van der Waals surface area contributed by atoms with Crippen LogP contribution in [0.2, 0.25) is 5.02 Å². The number of aromatic hydroxyl groups is 1. The minimum atomic E-state index is -0.485. The minimum absolute atomic E-state index is 0.0278. The highest BCUT2D eigenvalue weighted by Gasteiger charge is 2.36. The Bertz CT molecular complexity index is 1390. The van der Waals surface area contributed by atoms with Gasteiger partial charge in [-0.25, -0.2) is 0 Å². The number of carbonyl (C=O) groups is 1. The van der Waals surface area contributed by atoms with Crippen LogP contribution in [-0.4, -0.2) is 31.7 Å². The van der Waals surface area contributed by atoms with Crippen molar-refractivity contribution in [3.8, 4) is 23.0 Å². The number of benzene rings is 3. The highest BCUT2D eigenvalue weighted by Crippen LogP contribution is 2.47. The van der Waals surface area contributed by atoms with Crippen LogP contribution in [0.15, 0.2) is 65.9 Å². The molecule has 0 aromatic heterocycles. The number of fused-ring (bicyclic) bond motifs is 1. The number of methoxy groups -OCH3 is 2. The third-order valence-electron chi connectivity index (χ3n) is 6.87. The van der Waals surface area contributed by atoms with E-state index in [0.29, 0.717) is 36.5 Å². The van der Waals surface area contributed by atoms with Crippen LogP contribution >= 0.6 is 11.6 Å². The van der Waals surface area contributed by atoms with Crippen LogP contribution in [0.25, 0.3) is 0 Å². The number of carbonyl (C=O) groups excluding carboxylic acids is 1. The summed E-state index contributed by atoms with van der Waals surface area (Å²) in [6.45, 7) is 2.47. The number of para-hydroxylation sites is 2. The standard InChI is InChI=1S/C29H29ClN2O5/c1-4-37-24-10-9-16(14-25(24)35-2)17-12-22-27(23(33)13-17)28(32-21-8-6-5-7-20(21)31-22)18-11-19(30)29(34)26(15-18)36-3/h5-11,14-15,17,28,31-32,34H,4,12-13H2,1-3H3/t17-,28+/m0/s1. The Kier molecular flexibility index (Phi) is 6.89. The lowest BCUT2D eigenvalue weighted by Gasteiger charge is -2.30. The van der Waals surface area contributed by atoms with Gasteiger partial charge in [0, 0.05) is 17.7 Å². The fraction of sp³-hybridized carbons (Fsp3) is 0.276. The predicted octanol–water partition coefficient (Wildman–Crippen LogP) is 6.44. The van der Waals surface area contributed by atoms with Crippen LogP contribution in [0.1, 0.15) is 42.9 Å². The molecule has 1 aliphatic heterocycles. The lowest BCUT2D eigenvalue weighted by Crippen LogP contribution is -2.27. The van der Waals surface area contributed by atoms with E-state index in [-0.39, 0.29) is 28.2 Å². The van der Waals surface area contributed by atoms with Crippen molar-refractivity contribution in [2.24, 2.45) is 0 Å². The molecule has 37 heavy (non-hydrogen) atoms. The Labute approximate surface area is 221 Å². The maximum Gasteiger partial charge on any atom is 0.176 e. The van der Waals surface area contributed by atoms with Crippen LogP contribution in [0.4, 0.5) is 11.4 Å². The Morgan fingerprint density at radius 1 is 0.946 bits per heavy atom. The fourth-order valence-electron chi connectivity index (χ4n) is 5.11. The predicted molar refractivity (Wildman–Crippen MR) is 144 cm³/mol. The average Bonchev–Trinajstić information content (AvgIpc) is 3.07. The summed E-state index contributed by atoms with van der Waals surface area (Å²) in [6.07, 6.45) is 0.975. The number of allylic oxidation sites excluding steroid dienone is 1. The lowest BCUT2D eigenvalue weighted by atomic mass is 9.78. The largest absolute Gasteiger partial charge is 0.503 e. The molecule has 2 aliphatic rings. The van der Waals surface area contributed by atoms with Crippen molar-refractivity contribution in [3.63, 3.8) is 0 Å². The first-order valence-electron chi connectivity index (χ1n) is 12.2. The van der Waals surface area contributed by atoms with Crippen molar-refractivity contribution in [2.75, 3.05) is 31.5 Å². The zero-order valence-electron chi connectivity index (χ0n) is 20.9. The SMILES string of the molecule is CCOc1ccc([C@@H]2CC(=O)C3=C(C2)Nc2ccccc2N[C@@H]3c2cc(Cl)c(O)c(OC)c2)cc1OC. The number of hydrogen-bond donors (Lipinski definition) is 3. The molecule has 192 valence electrons. The van der Waals surface area contributed by atoms with Gasteiger partial charge in [-0.3, -0.25) is 4.79 Å². The van der Waals surface area contributed by atoms with Gasteiger partial charge in [0.2, 0.25) is 0 Å². The van der Waals surface area contributed by atoms with E-state index in [9.17, 15) is 9.90 Å². The molecular weight excluding hydrogens is 492 g/mol. The molecule has 0 unspecified atom stereocenters. The Balaban J connectivity index is 1.59. The summed E-state index contributed by atoms with van der Waals surface area (Å²) >= 11 is 6.34. The van der Waals surface area contributed by atoms with Crippen LogP contribution in [-0.2, 0) is 4.79 Å². The van der Waals surface area contributed by atoms with Crippen molar-refractivity contribution in [1.82, 2.24) is 0 Å².